The van der Waals surface area contributed by atoms with Gasteiger partial charge in [0.1, 0.15) is 5.75 Å². The minimum Gasteiger partial charge on any atom is -0.496 e. The summed E-state index contributed by atoms with van der Waals surface area (Å²) >= 11 is 6.47. The maximum absolute atomic E-state index is 13.6. The molecule has 9 heteroatoms. The molecule has 0 aromatic heterocycles. The highest BCUT2D eigenvalue weighted by atomic mass is 35.5. The van der Waals surface area contributed by atoms with E-state index in [1.165, 1.54) is 6.07 Å². The largest absolute Gasteiger partial charge is 0.496 e. The Balaban J connectivity index is 1.40. The summed E-state index contributed by atoms with van der Waals surface area (Å²) in [6.07, 6.45) is -3.63. The minimum atomic E-state index is -4.44. The van der Waals surface area contributed by atoms with Gasteiger partial charge in [-0.3, -0.25) is 4.79 Å². The fraction of sp³-hybridized carbons (Fsp3) is 0.345. The zero-order valence-corrected chi connectivity index (χ0v) is 21.7. The molecule has 3 aromatic rings. The van der Waals surface area contributed by atoms with Gasteiger partial charge in [0, 0.05) is 31.9 Å². The van der Waals surface area contributed by atoms with Gasteiger partial charge in [-0.05, 0) is 60.4 Å². The number of para-hydroxylation sites is 2. The fourth-order valence-corrected chi connectivity index (χ4v) is 5.84. The van der Waals surface area contributed by atoms with E-state index in [-0.39, 0.29) is 18.4 Å². The highest BCUT2D eigenvalue weighted by Gasteiger charge is 2.43. The molecule has 0 saturated carbocycles. The van der Waals surface area contributed by atoms with Crippen molar-refractivity contribution < 1.29 is 22.7 Å². The van der Waals surface area contributed by atoms with Crippen molar-refractivity contribution in [3.63, 3.8) is 0 Å². The number of nitrogens with one attached hydrogen (secondary N) is 1. The second-order valence-corrected chi connectivity index (χ2v) is 10.1. The molecule has 2 aliphatic rings. The fourth-order valence-electron chi connectivity index (χ4n) is 5.59. The van der Waals surface area contributed by atoms with Gasteiger partial charge in [0.25, 0.3) is 0 Å². The van der Waals surface area contributed by atoms with Crippen molar-refractivity contribution >= 4 is 28.9 Å². The molecule has 0 bridgehead atoms. The molecule has 1 N–H and O–H groups in total. The van der Waals surface area contributed by atoms with E-state index in [4.69, 9.17) is 16.3 Å². The van der Waals surface area contributed by atoms with Crippen LogP contribution in [-0.4, -0.2) is 45.2 Å². The SMILES string of the molecule is COc1ccccc1CCNC(=O)[C@@H]1Cc2cc(C(F)(F)F)ccc2N2CCN(c3ccccc3Cl)C[C@H]12. The van der Waals surface area contributed by atoms with Crippen molar-refractivity contribution in [1.82, 2.24) is 5.32 Å². The summed E-state index contributed by atoms with van der Waals surface area (Å²) in [6, 6.07) is 18.9. The van der Waals surface area contributed by atoms with E-state index in [9.17, 15) is 18.0 Å². The summed E-state index contributed by atoms with van der Waals surface area (Å²) in [5.41, 5.74) is 2.48. The molecule has 0 aliphatic carbocycles. The summed E-state index contributed by atoms with van der Waals surface area (Å²) in [5, 5.41) is 3.67. The molecule has 2 heterocycles. The van der Waals surface area contributed by atoms with Gasteiger partial charge in [0.05, 0.1) is 35.3 Å². The predicted molar refractivity (Wildman–Crippen MR) is 143 cm³/mol. The third kappa shape index (κ3) is 5.27. The van der Waals surface area contributed by atoms with Crippen molar-refractivity contribution in [3.8, 4) is 5.75 Å². The number of nitrogens with zero attached hydrogens (tertiary/aromatic N) is 2. The molecule has 0 radical (unpaired) electrons. The number of methoxy groups -OCH3 is 1. The van der Waals surface area contributed by atoms with E-state index in [0.29, 0.717) is 43.2 Å². The summed E-state index contributed by atoms with van der Waals surface area (Å²) < 4.78 is 45.9. The lowest BCUT2D eigenvalue weighted by Crippen LogP contribution is -2.61. The van der Waals surface area contributed by atoms with E-state index in [1.807, 2.05) is 48.5 Å². The molecular formula is C29H29ClF3N3O2. The molecule has 2 atom stereocenters. The Kier molecular flexibility index (Phi) is 7.43. The second-order valence-electron chi connectivity index (χ2n) is 9.66. The Morgan fingerprint density at radius 1 is 1.05 bits per heavy atom. The maximum Gasteiger partial charge on any atom is 0.416 e. The van der Waals surface area contributed by atoms with Crippen LogP contribution in [-0.2, 0) is 23.8 Å². The van der Waals surface area contributed by atoms with Crippen molar-refractivity contribution in [2.24, 2.45) is 5.92 Å². The number of carbonyl (C=O) groups is 1. The average molecular weight is 544 g/mol. The summed E-state index contributed by atoms with van der Waals surface area (Å²) in [4.78, 5) is 17.8. The number of halogens is 4. The third-order valence-electron chi connectivity index (χ3n) is 7.46. The van der Waals surface area contributed by atoms with Crippen LogP contribution in [0.1, 0.15) is 16.7 Å². The molecule has 3 aromatic carbocycles. The normalized spacial score (nSPS) is 19.0. The highest BCUT2D eigenvalue weighted by Crippen LogP contribution is 2.41. The molecule has 1 fully saturated rings. The van der Waals surface area contributed by atoms with Gasteiger partial charge in [-0.25, -0.2) is 0 Å². The molecule has 200 valence electrons. The van der Waals surface area contributed by atoms with Crippen molar-refractivity contribution in [1.29, 1.82) is 0 Å². The number of ether oxygens (including phenoxy) is 1. The van der Waals surface area contributed by atoms with Gasteiger partial charge in [-0.1, -0.05) is 41.9 Å². The number of benzene rings is 3. The number of anilines is 2. The standard InChI is InChI=1S/C29H29ClF3N3O2/c1-38-27-9-5-2-6-19(27)12-13-34-28(37)22-17-20-16-21(29(31,32)33)10-11-24(20)36-15-14-35(18-26(22)36)25-8-4-3-7-23(25)30/h2-11,16,22,26H,12-15,17-18H2,1H3,(H,34,37)/t22-,26-/m1/s1. The number of fused-ring (bicyclic) bond motifs is 3. The molecule has 5 rings (SSSR count). The Hall–Kier alpha value is -3.39. The van der Waals surface area contributed by atoms with E-state index in [2.05, 4.69) is 15.1 Å². The Morgan fingerprint density at radius 2 is 1.82 bits per heavy atom. The van der Waals surface area contributed by atoms with Gasteiger partial charge in [0.15, 0.2) is 0 Å². The number of hydrogen-bond acceptors (Lipinski definition) is 4. The molecule has 1 amide bonds. The minimum absolute atomic E-state index is 0.168. The zero-order chi connectivity index (χ0) is 26.9. The molecular weight excluding hydrogens is 515 g/mol. The first-order chi connectivity index (χ1) is 18.3. The van der Waals surface area contributed by atoms with Crippen molar-refractivity contribution in [3.05, 3.63) is 88.4 Å². The van der Waals surface area contributed by atoms with Gasteiger partial charge in [0.2, 0.25) is 5.91 Å². The lowest BCUT2D eigenvalue weighted by atomic mass is 9.82. The van der Waals surface area contributed by atoms with Gasteiger partial charge < -0.3 is 19.9 Å². The van der Waals surface area contributed by atoms with Crippen LogP contribution in [0.5, 0.6) is 5.75 Å². The van der Waals surface area contributed by atoms with Crippen LogP contribution < -0.4 is 19.9 Å². The Labute approximate surface area is 225 Å². The van der Waals surface area contributed by atoms with Crippen LogP contribution in [0.4, 0.5) is 24.5 Å². The lowest BCUT2D eigenvalue weighted by Gasteiger charge is -2.50. The van der Waals surface area contributed by atoms with E-state index in [1.54, 1.807) is 13.2 Å². The van der Waals surface area contributed by atoms with Crippen LogP contribution >= 0.6 is 11.6 Å². The topological polar surface area (TPSA) is 44.8 Å². The van der Waals surface area contributed by atoms with E-state index in [0.717, 1.165) is 28.8 Å². The first-order valence-electron chi connectivity index (χ1n) is 12.6. The number of amides is 1. The summed E-state index contributed by atoms with van der Waals surface area (Å²) in [7, 11) is 1.61. The monoisotopic (exact) mass is 543 g/mol. The van der Waals surface area contributed by atoms with Crippen LogP contribution in [0.25, 0.3) is 0 Å². The first-order valence-corrected chi connectivity index (χ1v) is 13.0. The van der Waals surface area contributed by atoms with Crippen molar-refractivity contribution in [2.45, 2.75) is 25.1 Å². The smallest absolute Gasteiger partial charge is 0.416 e. The van der Waals surface area contributed by atoms with Crippen molar-refractivity contribution in [2.75, 3.05) is 43.1 Å². The zero-order valence-electron chi connectivity index (χ0n) is 21.0. The number of alkyl halides is 3. The quantitative estimate of drug-likeness (QED) is 0.440. The molecule has 0 spiro atoms. The van der Waals surface area contributed by atoms with Crippen LogP contribution in [0.3, 0.4) is 0 Å². The van der Waals surface area contributed by atoms with Gasteiger partial charge >= 0.3 is 6.18 Å². The average Bonchev–Trinajstić information content (AvgIpc) is 2.92. The molecule has 1 saturated heterocycles. The van der Waals surface area contributed by atoms with Crippen LogP contribution in [0, 0.1) is 5.92 Å². The first kappa shape index (κ1) is 26.2. The molecule has 5 nitrogen and oxygen atoms in total. The number of carbonyl (C=O) groups excluding carboxylic acids is 1. The predicted octanol–water partition coefficient (Wildman–Crippen LogP) is 5.59. The molecule has 38 heavy (non-hydrogen) atoms. The van der Waals surface area contributed by atoms with Crippen LogP contribution in [0.2, 0.25) is 5.02 Å². The van der Waals surface area contributed by atoms with Gasteiger partial charge in [-0.15, -0.1) is 0 Å². The number of hydrogen-bond donors (Lipinski definition) is 1. The summed E-state index contributed by atoms with van der Waals surface area (Å²) in [5.74, 6) is 0.0646. The summed E-state index contributed by atoms with van der Waals surface area (Å²) in [6.45, 7) is 2.14. The van der Waals surface area contributed by atoms with Crippen LogP contribution in [0.15, 0.2) is 66.7 Å². The Bertz CT molecular complexity index is 1320. The van der Waals surface area contributed by atoms with E-state index >= 15 is 0 Å². The second kappa shape index (κ2) is 10.8. The maximum atomic E-state index is 13.6. The Morgan fingerprint density at radius 3 is 2.58 bits per heavy atom. The van der Waals surface area contributed by atoms with Gasteiger partial charge in [-0.2, -0.15) is 13.2 Å². The molecule has 0 unspecified atom stereocenters. The highest BCUT2D eigenvalue weighted by molar-refractivity contribution is 6.33. The third-order valence-corrected chi connectivity index (χ3v) is 7.77. The number of piperazine rings is 1. The molecule has 2 aliphatic heterocycles. The lowest BCUT2D eigenvalue weighted by molar-refractivity contribution is -0.137. The number of rotatable bonds is 6. The van der Waals surface area contributed by atoms with E-state index < -0.39 is 17.7 Å².